The molecule has 3 rings (SSSR count). The number of anilines is 1. The highest BCUT2D eigenvalue weighted by Gasteiger charge is 2.15. The fourth-order valence-electron chi connectivity index (χ4n) is 2.09. The Kier molecular flexibility index (Phi) is 4.52. The Labute approximate surface area is 141 Å². The maximum absolute atomic E-state index is 12.1. The molecule has 6 heteroatoms. The van der Waals surface area contributed by atoms with E-state index in [9.17, 15) is 4.79 Å². The van der Waals surface area contributed by atoms with Crippen molar-refractivity contribution in [1.82, 2.24) is 9.97 Å². The van der Waals surface area contributed by atoms with Gasteiger partial charge in [0.15, 0.2) is 0 Å². The Hall–Kier alpha value is -2.47. The van der Waals surface area contributed by atoms with Crippen LogP contribution in [0.2, 0.25) is 0 Å². The lowest BCUT2D eigenvalue weighted by molar-refractivity contribution is -0.115. The van der Waals surface area contributed by atoms with Gasteiger partial charge in [0, 0.05) is 16.2 Å². The first kappa shape index (κ1) is 15.4. The number of hydrogen-bond donors (Lipinski definition) is 1. The summed E-state index contributed by atoms with van der Waals surface area (Å²) in [6.07, 6.45) is 1.77. The lowest BCUT2D eigenvalue weighted by Crippen LogP contribution is -2.15. The van der Waals surface area contributed by atoms with Crippen LogP contribution in [0, 0.1) is 6.92 Å². The van der Waals surface area contributed by atoms with E-state index in [-0.39, 0.29) is 12.3 Å². The molecule has 0 fully saturated rings. The van der Waals surface area contributed by atoms with Gasteiger partial charge >= 0.3 is 0 Å². The minimum absolute atomic E-state index is 0.139. The van der Waals surface area contributed by atoms with Gasteiger partial charge in [-0.05, 0) is 47.1 Å². The largest absolute Gasteiger partial charge is 0.441 e. The lowest BCUT2D eigenvalue weighted by atomic mass is 10.2. The minimum atomic E-state index is -0.184. The van der Waals surface area contributed by atoms with Gasteiger partial charge in [-0.1, -0.05) is 18.2 Å². The van der Waals surface area contributed by atoms with Crippen molar-refractivity contribution in [3.8, 4) is 11.5 Å². The topological polar surface area (TPSA) is 68.0 Å². The van der Waals surface area contributed by atoms with E-state index in [2.05, 4.69) is 31.2 Å². The maximum atomic E-state index is 12.1. The van der Waals surface area contributed by atoms with Crippen LogP contribution in [0.3, 0.4) is 0 Å². The third-order valence-electron chi connectivity index (χ3n) is 3.24. The highest BCUT2D eigenvalue weighted by Crippen LogP contribution is 2.21. The fraction of sp³-hybridized carbons (Fsp3) is 0.118. The number of amides is 1. The number of rotatable bonds is 4. The van der Waals surface area contributed by atoms with Gasteiger partial charge in [0.2, 0.25) is 11.8 Å². The highest BCUT2D eigenvalue weighted by atomic mass is 79.9. The van der Waals surface area contributed by atoms with E-state index in [1.807, 2.05) is 36.4 Å². The van der Waals surface area contributed by atoms with Gasteiger partial charge in [-0.25, -0.2) is 9.97 Å². The predicted octanol–water partition coefficient (Wildman–Crippen LogP) is 3.99. The molecule has 2 aromatic heterocycles. The van der Waals surface area contributed by atoms with E-state index in [1.54, 1.807) is 19.2 Å². The summed E-state index contributed by atoms with van der Waals surface area (Å²) in [6, 6.07) is 13.1. The molecular weight excluding hydrogens is 358 g/mol. The Morgan fingerprint density at radius 2 is 2.00 bits per heavy atom. The molecule has 3 aromatic rings. The monoisotopic (exact) mass is 371 g/mol. The SMILES string of the molecule is Cc1oc(-c2ccccc2)nc1CC(=O)Nc1ccc(Br)cn1. The fourth-order valence-corrected chi connectivity index (χ4v) is 2.32. The Morgan fingerprint density at radius 3 is 2.70 bits per heavy atom. The Balaban J connectivity index is 1.71. The van der Waals surface area contributed by atoms with Crippen LogP contribution >= 0.6 is 15.9 Å². The summed E-state index contributed by atoms with van der Waals surface area (Å²) in [4.78, 5) is 20.7. The van der Waals surface area contributed by atoms with Crippen LogP contribution in [-0.2, 0) is 11.2 Å². The lowest BCUT2D eigenvalue weighted by Gasteiger charge is -2.03. The average molecular weight is 372 g/mol. The zero-order valence-corrected chi connectivity index (χ0v) is 14.0. The summed E-state index contributed by atoms with van der Waals surface area (Å²) in [5.41, 5.74) is 1.51. The average Bonchev–Trinajstić information content (AvgIpc) is 2.91. The molecule has 0 spiro atoms. The second-order valence-corrected chi connectivity index (χ2v) is 5.89. The van der Waals surface area contributed by atoms with Crippen molar-refractivity contribution < 1.29 is 9.21 Å². The molecule has 116 valence electrons. The van der Waals surface area contributed by atoms with Crippen LogP contribution < -0.4 is 5.32 Å². The van der Waals surface area contributed by atoms with Crippen molar-refractivity contribution in [3.63, 3.8) is 0 Å². The third kappa shape index (κ3) is 3.84. The normalized spacial score (nSPS) is 10.5. The molecule has 0 bridgehead atoms. The molecular formula is C17H14BrN3O2. The summed E-state index contributed by atoms with van der Waals surface area (Å²) in [5, 5.41) is 2.74. The molecule has 5 nitrogen and oxygen atoms in total. The number of nitrogens with one attached hydrogen (secondary N) is 1. The van der Waals surface area contributed by atoms with E-state index >= 15 is 0 Å². The van der Waals surface area contributed by atoms with E-state index in [0.29, 0.717) is 23.2 Å². The number of carbonyl (C=O) groups excluding carboxylic acids is 1. The number of oxazole rings is 1. The van der Waals surface area contributed by atoms with Gasteiger partial charge in [-0.15, -0.1) is 0 Å². The van der Waals surface area contributed by atoms with Crippen molar-refractivity contribution in [2.75, 3.05) is 5.32 Å². The third-order valence-corrected chi connectivity index (χ3v) is 3.71. The van der Waals surface area contributed by atoms with Gasteiger partial charge in [-0.2, -0.15) is 0 Å². The van der Waals surface area contributed by atoms with Crippen LogP contribution in [0.25, 0.3) is 11.5 Å². The number of hydrogen-bond acceptors (Lipinski definition) is 4. The molecule has 0 atom stereocenters. The molecule has 2 heterocycles. The van der Waals surface area contributed by atoms with Crippen LogP contribution in [0.5, 0.6) is 0 Å². The molecule has 23 heavy (non-hydrogen) atoms. The van der Waals surface area contributed by atoms with Crippen molar-refractivity contribution in [1.29, 1.82) is 0 Å². The van der Waals surface area contributed by atoms with E-state index in [0.717, 1.165) is 10.0 Å². The molecule has 1 aromatic carbocycles. The van der Waals surface area contributed by atoms with Gasteiger partial charge < -0.3 is 9.73 Å². The Bertz CT molecular complexity index is 814. The van der Waals surface area contributed by atoms with Crippen LogP contribution in [0.1, 0.15) is 11.5 Å². The van der Waals surface area contributed by atoms with Gasteiger partial charge in [0.05, 0.1) is 12.1 Å². The first-order valence-corrected chi connectivity index (χ1v) is 7.84. The smallest absolute Gasteiger partial charge is 0.231 e. The highest BCUT2D eigenvalue weighted by molar-refractivity contribution is 9.10. The number of aromatic nitrogens is 2. The van der Waals surface area contributed by atoms with E-state index in [4.69, 9.17) is 4.42 Å². The summed E-state index contributed by atoms with van der Waals surface area (Å²) < 4.78 is 6.51. The van der Waals surface area contributed by atoms with Crippen LogP contribution in [-0.4, -0.2) is 15.9 Å². The molecule has 0 saturated heterocycles. The molecule has 0 saturated carbocycles. The summed E-state index contributed by atoms with van der Waals surface area (Å²) in [6.45, 7) is 1.81. The van der Waals surface area contributed by atoms with E-state index in [1.165, 1.54) is 0 Å². The maximum Gasteiger partial charge on any atom is 0.231 e. The second-order valence-electron chi connectivity index (χ2n) is 4.97. The summed E-state index contributed by atoms with van der Waals surface area (Å²) in [7, 11) is 0. The summed E-state index contributed by atoms with van der Waals surface area (Å²) >= 11 is 3.30. The minimum Gasteiger partial charge on any atom is -0.441 e. The zero-order chi connectivity index (χ0) is 16.2. The number of benzene rings is 1. The van der Waals surface area contributed by atoms with Gasteiger partial charge in [-0.3, -0.25) is 4.79 Å². The van der Waals surface area contributed by atoms with E-state index < -0.39 is 0 Å². The quantitative estimate of drug-likeness (QED) is 0.752. The van der Waals surface area contributed by atoms with Crippen LogP contribution in [0.4, 0.5) is 5.82 Å². The van der Waals surface area contributed by atoms with Gasteiger partial charge in [0.25, 0.3) is 0 Å². The number of halogens is 1. The number of aryl methyl sites for hydroxylation is 1. The summed E-state index contributed by atoms with van der Waals surface area (Å²) in [5.74, 6) is 1.48. The zero-order valence-electron chi connectivity index (χ0n) is 12.4. The first-order chi connectivity index (χ1) is 11.1. The molecule has 0 aliphatic rings. The van der Waals surface area contributed by atoms with Crippen molar-refractivity contribution in [2.45, 2.75) is 13.3 Å². The van der Waals surface area contributed by atoms with Crippen molar-refractivity contribution in [3.05, 3.63) is 64.6 Å². The first-order valence-electron chi connectivity index (χ1n) is 7.05. The molecule has 1 amide bonds. The molecule has 0 unspecified atom stereocenters. The van der Waals surface area contributed by atoms with Gasteiger partial charge in [0.1, 0.15) is 11.6 Å². The Morgan fingerprint density at radius 1 is 1.22 bits per heavy atom. The molecule has 0 radical (unpaired) electrons. The molecule has 1 N–H and O–H groups in total. The van der Waals surface area contributed by atoms with Crippen molar-refractivity contribution >= 4 is 27.7 Å². The standard InChI is InChI=1S/C17H14BrN3O2/c1-11-14(20-17(23-11)12-5-3-2-4-6-12)9-16(22)21-15-8-7-13(18)10-19-15/h2-8,10H,9H2,1H3,(H,19,21,22). The van der Waals surface area contributed by atoms with Crippen molar-refractivity contribution in [2.24, 2.45) is 0 Å². The number of pyridine rings is 1. The van der Waals surface area contributed by atoms with Crippen LogP contribution in [0.15, 0.2) is 57.6 Å². The molecule has 0 aliphatic carbocycles. The number of nitrogens with zero attached hydrogens (tertiary/aromatic N) is 2. The predicted molar refractivity (Wildman–Crippen MR) is 90.9 cm³/mol. The second kappa shape index (κ2) is 6.75. The molecule has 0 aliphatic heterocycles. The number of carbonyl (C=O) groups is 1.